The van der Waals surface area contributed by atoms with Crippen LogP contribution in [0, 0.1) is 5.82 Å². The van der Waals surface area contributed by atoms with E-state index in [1.165, 1.54) is 11.0 Å². The normalized spacial score (nSPS) is 26.2. The van der Waals surface area contributed by atoms with Gasteiger partial charge in [-0.3, -0.25) is 14.5 Å². The third-order valence-electron chi connectivity index (χ3n) is 3.70. The van der Waals surface area contributed by atoms with Gasteiger partial charge in [0.05, 0.1) is 23.4 Å². The molecule has 0 aromatic heterocycles. The van der Waals surface area contributed by atoms with Gasteiger partial charge in [-0.05, 0) is 47.3 Å². The van der Waals surface area contributed by atoms with Gasteiger partial charge in [-0.25, -0.2) is 4.39 Å². The van der Waals surface area contributed by atoms with Gasteiger partial charge >= 0.3 is 0 Å². The lowest BCUT2D eigenvalue weighted by Crippen LogP contribution is -2.43. The number of nitrogens with zero attached hydrogens (tertiary/aromatic N) is 1. The number of aliphatic hydroxyl groups is 1. The number of carbonyl (C=O) groups is 2. The van der Waals surface area contributed by atoms with Gasteiger partial charge in [-0.15, -0.1) is 0 Å². The topological polar surface area (TPSA) is 57.6 Å². The number of halogens is 2. The van der Waals surface area contributed by atoms with Gasteiger partial charge in [0.15, 0.2) is 0 Å². The summed E-state index contributed by atoms with van der Waals surface area (Å²) in [4.78, 5) is 25.3. The molecule has 0 radical (unpaired) electrons. The Kier molecular flexibility index (Phi) is 2.94. The largest absolute Gasteiger partial charge is 0.391 e. The summed E-state index contributed by atoms with van der Waals surface area (Å²) in [5.74, 6) is -1.97. The Hall–Kier alpha value is -1.27. The third kappa shape index (κ3) is 1.81. The second-order valence-electron chi connectivity index (χ2n) is 4.85. The maximum atomic E-state index is 13.3. The van der Waals surface area contributed by atoms with Crippen LogP contribution in [-0.4, -0.2) is 28.9 Å². The van der Waals surface area contributed by atoms with Crippen molar-refractivity contribution in [3.8, 4) is 0 Å². The Morgan fingerprint density at radius 2 is 2.05 bits per heavy atom. The van der Waals surface area contributed by atoms with Crippen molar-refractivity contribution in [2.75, 3.05) is 4.90 Å². The van der Waals surface area contributed by atoms with Crippen LogP contribution in [0.3, 0.4) is 0 Å². The summed E-state index contributed by atoms with van der Waals surface area (Å²) in [7, 11) is 0. The van der Waals surface area contributed by atoms with Gasteiger partial charge in [0.1, 0.15) is 5.82 Å². The number of hydrogen-bond donors (Lipinski definition) is 1. The molecule has 1 aromatic rings. The quantitative estimate of drug-likeness (QED) is 0.803. The van der Waals surface area contributed by atoms with Crippen LogP contribution in [0.4, 0.5) is 10.1 Å². The van der Waals surface area contributed by atoms with Crippen molar-refractivity contribution in [2.45, 2.75) is 31.4 Å². The van der Waals surface area contributed by atoms with Crippen molar-refractivity contribution in [1.29, 1.82) is 0 Å². The van der Waals surface area contributed by atoms with Gasteiger partial charge in [0, 0.05) is 4.47 Å². The lowest BCUT2D eigenvalue weighted by Gasteiger charge is -2.27. The number of benzene rings is 1. The number of ketones is 1. The average Bonchev–Trinajstić information content (AvgIpc) is 2.85. The highest BCUT2D eigenvalue weighted by molar-refractivity contribution is 9.10. The summed E-state index contributed by atoms with van der Waals surface area (Å²) in [6, 6.07) is 1.89. The summed E-state index contributed by atoms with van der Waals surface area (Å²) < 4.78 is 13.7. The van der Waals surface area contributed by atoms with Crippen LogP contribution >= 0.6 is 15.9 Å². The molecule has 0 bridgehead atoms. The Morgan fingerprint density at radius 3 is 2.68 bits per heavy atom. The van der Waals surface area contributed by atoms with Crippen LogP contribution in [0.15, 0.2) is 16.6 Å². The Balaban J connectivity index is 2.14. The minimum Gasteiger partial charge on any atom is -0.391 e. The fraction of sp³-hybridized carbons (Fsp3) is 0.385. The van der Waals surface area contributed by atoms with E-state index >= 15 is 0 Å². The molecule has 1 saturated carbocycles. The predicted molar refractivity (Wildman–Crippen MR) is 69.6 cm³/mol. The number of anilines is 1. The molecular formula is C13H11BrFNO3. The van der Waals surface area contributed by atoms with Crippen molar-refractivity contribution in [3.63, 3.8) is 0 Å². The molecular weight excluding hydrogens is 317 g/mol. The Labute approximate surface area is 117 Å². The van der Waals surface area contributed by atoms with E-state index < -0.39 is 29.7 Å². The standard InChI is InChI=1S/C13H11BrFNO3/c14-8-5-6(15)4-7-11(8)16(13(19)12(7)18)9-2-1-3-10(9)17/h4-5,9-10,17H,1-3H2/t9-,10-/m0/s1. The molecule has 0 spiro atoms. The Morgan fingerprint density at radius 1 is 1.32 bits per heavy atom. The Bertz CT molecular complexity index is 589. The smallest absolute Gasteiger partial charge is 0.299 e. The molecule has 1 amide bonds. The molecule has 6 heteroatoms. The molecule has 1 aliphatic carbocycles. The van der Waals surface area contributed by atoms with Gasteiger partial charge in [0.2, 0.25) is 0 Å². The van der Waals surface area contributed by atoms with Crippen LogP contribution in [-0.2, 0) is 4.79 Å². The summed E-state index contributed by atoms with van der Waals surface area (Å²) in [5.41, 5.74) is 0.443. The number of aliphatic hydroxyl groups excluding tert-OH is 1. The van der Waals surface area contributed by atoms with Crippen molar-refractivity contribution in [1.82, 2.24) is 0 Å². The van der Waals surface area contributed by atoms with E-state index in [9.17, 15) is 19.1 Å². The average molecular weight is 328 g/mol. The molecule has 100 valence electrons. The molecule has 1 aromatic carbocycles. The molecule has 2 atom stereocenters. The molecule has 3 rings (SSSR count). The molecule has 1 fully saturated rings. The molecule has 0 saturated heterocycles. The first kappa shape index (κ1) is 12.7. The van der Waals surface area contributed by atoms with Gasteiger partial charge in [-0.2, -0.15) is 0 Å². The number of amides is 1. The van der Waals surface area contributed by atoms with Crippen LogP contribution in [0.2, 0.25) is 0 Å². The van der Waals surface area contributed by atoms with Crippen LogP contribution in [0.1, 0.15) is 29.6 Å². The molecule has 19 heavy (non-hydrogen) atoms. The zero-order valence-corrected chi connectivity index (χ0v) is 11.5. The number of rotatable bonds is 1. The van der Waals surface area contributed by atoms with E-state index in [-0.39, 0.29) is 5.56 Å². The summed E-state index contributed by atoms with van der Waals surface area (Å²) in [6.45, 7) is 0. The molecule has 1 N–H and O–H groups in total. The van der Waals surface area contributed by atoms with Crippen molar-refractivity contribution in [3.05, 3.63) is 28.0 Å². The second-order valence-corrected chi connectivity index (χ2v) is 5.71. The molecule has 4 nitrogen and oxygen atoms in total. The molecule has 1 heterocycles. The first-order valence-corrected chi connectivity index (χ1v) is 6.85. The highest BCUT2D eigenvalue weighted by Gasteiger charge is 2.45. The zero-order chi connectivity index (χ0) is 13.7. The number of hydrogen-bond acceptors (Lipinski definition) is 3. The summed E-state index contributed by atoms with van der Waals surface area (Å²) >= 11 is 3.19. The highest BCUT2D eigenvalue weighted by Crippen LogP contribution is 2.41. The first-order chi connectivity index (χ1) is 9.00. The predicted octanol–water partition coefficient (Wildman–Crippen LogP) is 2.03. The molecule has 2 aliphatic rings. The summed E-state index contributed by atoms with van der Waals surface area (Å²) in [5, 5.41) is 9.93. The molecule has 1 aliphatic heterocycles. The number of carbonyl (C=O) groups excluding carboxylic acids is 2. The molecule has 0 unspecified atom stereocenters. The minimum absolute atomic E-state index is 0.0657. The van der Waals surface area contributed by atoms with Gasteiger partial charge < -0.3 is 5.11 Å². The summed E-state index contributed by atoms with van der Waals surface area (Å²) in [6.07, 6.45) is 1.41. The van der Waals surface area contributed by atoms with E-state index in [1.807, 2.05) is 0 Å². The van der Waals surface area contributed by atoms with E-state index in [4.69, 9.17) is 0 Å². The minimum atomic E-state index is -0.714. The van der Waals surface area contributed by atoms with E-state index in [0.29, 0.717) is 23.0 Å². The van der Waals surface area contributed by atoms with E-state index in [2.05, 4.69) is 15.9 Å². The monoisotopic (exact) mass is 327 g/mol. The lowest BCUT2D eigenvalue weighted by atomic mass is 10.1. The van der Waals surface area contributed by atoms with Crippen molar-refractivity contribution in [2.24, 2.45) is 0 Å². The van der Waals surface area contributed by atoms with Gasteiger partial charge in [-0.1, -0.05) is 0 Å². The SMILES string of the molecule is O=C1C(=O)N([C@H]2CCC[C@@H]2O)c2c(Br)cc(F)cc21. The van der Waals surface area contributed by atoms with Crippen LogP contribution in [0.25, 0.3) is 0 Å². The highest BCUT2D eigenvalue weighted by atomic mass is 79.9. The third-order valence-corrected chi connectivity index (χ3v) is 4.31. The fourth-order valence-corrected chi connectivity index (χ4v) is 3.47. The van der Waals surface area contributed by atoms with E-state index in [0.717, 1.165) is 12.5 Å². The second kappa shape index (κ2) is 4.38. The lowest BCUT2D eigenvalue weighted by molar-refractivity contribution is -0.115. The number of Topliss-reactive ketones (excluding diaryl/α,β-unsaturated/α-hetero) is 1. The van der Waals surface area contributed by atoms with Crippen LogP contribution < -0.4 is 4.90 Å². The number of fused-ring (bicyclic) bond motifs is 1. The fourth-order valence-electron chi connectivity index (χ4n) is 2.85. The maximum absolute atomic E-state index is 13.3. The van der Waals surface area contributed by atoms with E-state index in [1.54, 1.807) is 0 Å². The maximum Gasteiger partial charge on any atom is 0.299 e. The van der Waals surface area contributed by atoms with Crippen molar-refractivity contribution >= 4 is 33.3 Å². The zero-order valence-electron chi connectivity index (χ0n) is 9.90. The first-order valence-electron chi connectivity index (χ1n) is 6.05. The van der Waals surface area contributed by atoms with Crippen molar-refractivity contribution < 1.29 is 19.1 Å². The van der Waals surface area contributed by atoms with Crippen LogP contribution in [0.5, 0.6) is 0 Å². The van der Waals surface area contributed by atoms with Gasteiger partial charge in [0.25, 0.3) is 11.7 Å².